The number of carbonyl (C=O) groups excluding carboxylic acids is 1. The Morgan fingerprint density at radius 3 is 2.40 bits per heavy atom. The van der Waals surface area contributed by atoms with E-state index in [1.165, 1.54) is 26.1 Å². The van der Waals surface area contributed by atoms with Gasteiger partial charge in [0.15, 0.2) is 11.6 Å². The molecule has 0 aliphatic carbocycles. The van der Waals surface area contributed by atoms with Crippen LogP contribution in [0.3, 0.4) is 0 Å². The van der Waals surface area contributed by atoms with Crippen LogP contribution in [0, 0.1) is 23.0 Å². The number of fused-ring (bicyclic) bond motifs is 3. The summed E-state index contributed by atoms with van der Waals surface area (Å²) in [5, 5.41) is 21.1. The fraction of sp³-hybridized carbons (Fsp3) is 0.231. The zero-order valence-corrected chi connectivity index (χ0v) is 21.1. The highest BCUT2D eigenvalue weighted by Gasteiger charge is 2.38. The molecule has 2 N–H and O–H groups in total. The number of hydrogen-bond donors (Lipinski definition) is 2. The molecule has 2 aromatic carbocycles. The summed E-state index contributed by atoms with van der Waals surface area (Å²) in [5.74, 6) is -2.54. The summed E-state index contributed by atoms with van der Waals surface area (Å²) in [6.07, 6.45) is -5.39. The number of likely N-dealkylation sites (N-methyl/N-ethyl adjacent to an activating group) is 1. The third-order valence-corrected chi connectivity index (χ3v) is 6.19. The van der Waals surface area contributed by atoms with Crippen LogP contribution in [0.25, 0.3) is 11.1 Å². The van der Waals surface area contributed by atoms with Crippen molar-refractivity contribution < 1.29 is 36.6 Å². The fourth-order valence-electron chi connectivity index (χ4n) is 4.20. The van der Waals surface area contributed by atoms with E-state index in [4.69, 9.17) is 5.11 Å². The molecule has 0 bridgehead atoms. The maximum absolute atomic E-state index is 15.5. The number of nitrogens with zero attached hydrogens (tertiary/aromatic N) is 5. The third kappa shape index (κ3) is 5.18. The molecule has 14 heteroatoms. The van der Waals surface area contributed by atoms with Crippen molar-refractivity contribution in [2.45, 2.75) is 13.1 Å². The van der Waals surface area contributed by atoms with E-state index >= 15 is 8.78 Å². The standard InChI is InChI=1S/C26H21F5N6O3/c1-3-36-23-18(9-15(13-34-23)26(29,30)31)17-5-4-14(12-32)8-21(17)37(24(36)38)22-19(27)10-16(11-20(22)28)33-6-7-35(2)25(39)40/h4-5,8-11,13,33H,3,6-7H2,1-2H3,(H,39,40). The molecular weight excluding hydrogens is 539 g/mol. The van der Waals surface area contributed by atoms with Gasteiger partial charge in [-0.3, -0.25) is 9.80 Å². The molecule has 0 saturated carbocycles. The number of halogens is 5. The predicted octanol–water partition coefficient (Wildman–Crippen LogP) is 6.04. The van der Waals surface area contributed by atoms with E-state index in [1.807, 2.05) is 6.07 Å². The summed E-state index contributed by atoms with van der Waals surface area (Å²) in [6, 6.07) is 7.19. The molecule has 3 amide bonds. The van der Waals surface area contributed by atoms with E-state index in [1.54, 1.807) is 0 Å². The van der Waals surface area contributed by atoms with Gasteiger partial charge in [0.25, 0.3) is 0 Å². The molecule has 4 rings (SSSR count). The van der Waals surface area contributed by atoms with Gasteiger partial charge in [0.1, 0.15) is 11.5 Å². The number of urea groups is 1. The molecule has 0 fully saturated rings. The average molecular weight is 560 g/mol. The van der Waals surface area contributed by atoms with E-state index in [-0.39, 0.29) is 53.5 Å². The zero-order chi connectivity index (χ0) is 29.4. The minimum absolute atomic E-state index is 0.00499. The van der Waals surface area contributed by atoms with Crippen molar-refractivity contribution in [3.63, 3.8) is 0 Å². The molecule has 0 atom stereocenters. The smallest absolute Gasteiger partial charge is 0.417 e. The first kappa shape index (κ1) is 28.1. The van der Waals surface area contributed by atoms with Crippen LogP contribution in [-0.2, 0) is 6.18 Å². The second-order valence-corrected chi connectivity index (χ2v) is 8.72. The monoisotopic (exact) mass is 560 g/mol. The normalized spacial score (nSPS) is 12.8. The molecule has 40 heavy (non-hydrogen) atoms. The average Bonchev–Trinajstić information content (AvgIpc) is 2.99. The highest BCUT2D eigenvalue weighted by Crippen LogP contribution is 2.46. The maximum atomic E-state index is 15.5. The van der Waals surface area contributed by atoms with E-state index in [9.17, 15) is 28.0 Å². The number of alkyl halides is 3. The van der Waals surface area contributed by atoms with Crippen molar-refractivity contribution in [1.82, 2.24) is 9.88 Å². The van der Waals surface area contributed by atoms with Crippen LogP contribution in [0.1, 0.15) is 18.1 Å². The second-order valence-electron chi connectivity index (χ2n) is 8.72. The molecule has 1 aromatic heterocycles. The summed E-state index contributed by atoms with van der Waals surface area (Å²) in [7, 11) is 1.32. The summed E-state index contributed by atoms with van der Waals surface area (Å²) >= 11 is 0. The number of amides is 3. The van der Waals surface area contributed by atoms with Gasteiger partial charge >= 0.3 is 18.3 Å². The number of aromatic nitrogens is 1. The summed E-state index contributed by atoms with van der Waals surface area (Å²) in [5.41, 5.74) is -2.31. The van der Waals surface area contributed by atoms with Crippen LogP contribution >= 0.6 is 0 Å². The Morgan fingerprint density at radius 1 is 1.15 bits per heavy atom. The van der Waals surface area contributed by atoms with Gasteiger partial charge in [-0.15, -0.1) is 0 Å². The van der Waals surface area contributed by atoms with Crippen molar-refractivity contribution in [1.29, 1.82) is 5.26 Å². The van der Waals surface area contributed by atoms with Gasteiger partial charge in [0, 0.05) is 49.7 Å². The maximum Gasteiger partial charge on any atom is 0.417 e. The van der Waals surface area contributed by atoms with Crippen molar-refractivity contribution in [2.24, 2.45) is 0 Å². The zero-order valence-electron chi connectivity index (χ0n) is 21.1. The van der Waals surface area contributed by atoms with Crippen molar-refractivity contribution in [3.8, 4) is 17.2 Å². The second kappa shape index (κ2) is 10.7. The summed E-state index contributed by atoms with van der Waals surface area (Å²) in [4.78, 5) is 31.2. The van der Waals surface area contributed by atoms with Gasteiger partial charge in [0.2, 0.25) is 0 Å². The lowest BCUT2D eigenvalue weighted by Gasteiger charge is -2.28. The minimum Gasteiger partial charge on any atom is -0.465 e. The number of nitriles is 1. The number of rotatable bonds is 6. The van der Waals surface area contributed by atoms with Crippen LogP contribution in [-0.4, -0.2) is 53.8 Å². The lowest BCUT2D eigenvalue weighted by molar-refractivity contribution is -0.137. The SMILES string of the molecule is CCN1C(=O)N(c2c(F)cc(NCCN(C)C(=O)O)cc2F)c2cc(C#N)ccc2-c2cc(C(F)(F)F)cnc21. The van der Waals surface area contributed by atoms with Crippen LogP contribution in [0.2, 0.25) is 0 Å². The first-order valence-electron chi connectivity index (χ1n) is 11.8. The quantitative estimate of drug-likeness (QED) is 0.356. The van der Waals surface area contributed by atoms with Crippen molar-refractivity contribution >= 4 is 35.0 Å². The van der Waals surface area contributed by atoms with Gasteiger partial charge in [-0.05, 0) is 37.3 Å². The molecule has 0 spiro atoms. The molecule has 0 saturated heterocycles. The van der Waals surface area contributed by atoms with Gasteiger partial charge in [0.05, 0.1) is 22.9 Å². The molecule has 0 unspecified atom stereocenters. The summed E-state index contributed by atoms with van der Waals surface area (Å²) in [6.45, 7) is 1.43. The Kier molecular flexibility index (Phi) is 7.50. The lowest BCUT2D eigenvalue weighted by Crippen LogP contribution is -2.41. The number of nitrogens with one attached hydrogen (secondary N) is 1. The number of carbonyl (C=O) groups is 2. The Hall–Kier alpha value is -4.93. The molecular formula is C26H21F5N6O3. The number of benzene rings is 2. The molecule has 9 nitrogen and oxygen atoms in total. The number of anilines is 4. The lowest BCUT2D eigenvalue weighted by atomic mass is 10.00. The molecule has 1 aliphatic heterocycles. The first-order valence-corrected chi connectivity index (χ1v) is 11.8. The number of pyridine rings is 1. The Balaban J connectivity index is 1.88. The Bertz CT molecular complexity index is 1520. The van der Waals surface area contributed by atoms with Gasteiger partial charge < -0.3 is 15.3 Å². The Labute approximate surface area is 224 Å². The third-order valence-electron chi connectivity index (χ3n) is 6.19. The molecule has 208 valence electrons. The summed E-state index contributed by atoms with van der Waals surface area (Å²) < 4.78 is 71.8. The van der Waals surface area contributed by atoms with Gasteiger partial charge in [-0.25, -0.2) is 23.4 Å². The highest BCUT2D eigenvalue weighted by atomic mass is 19.4. The van der Waals surface area contributed by atoms with Crippen LogP contribution in [0.15, 0.2) is 42.6 Å². The Morgan fingerprint density at radius 2 is 1.82 bits per heavy atom. The van der Waals surface area contributed by atoms with E-state index in [0.29, 0.717) is 11.1 Å². The van der Waals surface area contributed by atoms with Crippen molar-refractivity contribution in [3.05, 3.63) is 65.4 Å². The van der Waals surface area contributed by atoms with Crippen LogP contribution in [0.4, 0.5) is 54.4 Å². The van der Waals surface area contributed by atoms with Gasteiger partial charge in [-0.1, -0.05) is 6.07 Å². The minimum atomic E-state index is -4.76. The van der Waals surface area contributed by atoms with E-state index in [2.05, 4.69) is 10.3 Å². The predicted molar refractivity (Wildman–Crippen MR) is 135 cm³/mol. The highest BCUT2D eigenvalue weighted by molar-refractivity contribution is 6.15. The molecule has 2 heterocycles. The molecule has 1 aliphatic rings. The van der Waals surface area contributed by atoms with Gasteiger partial charge in [-0.2, -0.15) is 18.4 Å². The largest absolute Gasteiger partial charge is 0.465 e. The first-order chi connectivity index (χ1) is 18.9. The topological polar surface area (TPSA) is 113 Å². The van der Waals surface area contributed by atoms with Crippen LogP contribution < -0.4 is 15.1 Å². The molecule has 0 radical (unpaired) electrons. The van der Waals surface area contributed by atoms with Crippen molar-refractivity contribution in [2.75, 3.05) is 41.8 Å². The van der Waals surface area contributed by atoms with E-state index < -0.39 is 41.2 Å². The molecule has 3 aromatic rings. The number of carboxylic acid groups (broad SMARTS) is 1. The van der Waals surface area contributed by atoms with E-state index in [0.717, 1.165) is 34.1 Å². The van der Waals surface area contributed by atoms with Crippen LogP contribution in [0.5, 0.6) is 0 Å². The fourth-order valence-corrected chi connectivity index (χ4v) is 4.20. The number of hydrogen-bond acceptors (Lipinski definition) is 5.